The summed E-state index contributed by atoms with van der Waals surface area (Å²) in [6, 6.07) is 4.15. The fraction of sp³-hybridized carbons (Fsp3) is 0.455. The predicted molar refractivity (Wildman–Crippen MR) is 60.2 cm³/mol. The average molecular weight is 231 g/mol. The Hall–Kier alpha value is -1.13. The summed E-state index contributed by atoms with van der Waals surface area (Å²) in [7, 11) is 0. The highest BCUT2D eigenvalue weighted by Gasteiger charge is 2.29. The maximum atomic E-state index is 12.7. The first kappa shape index (κ1) is 12.9. The van der Waals surface area contributed by atoms with E-state index < -0.39 is 12.4 Å². The summed E-state index contributed by atoms with van der Waals surface area (Å²) in [5.74, 6) is 0.140. The third-order valence-electron chi connectivity index (χ3n) is 2.09. The molecule has 0 radical (unpaired) electrons. The van der Waals surface area contributed by atoms with E-state index in [-0.39, 0.29) is 11.7 Å². The smallest absolute Gasteiger partial charge is 0.496 e. The van der Waals surface area contributed by atoms with Gasteiger partial charge in [0.2, 0.25) is 0 Å². The predicted octanol–water partition coefficient (Wildman–Crippen LogP) is 3.08. The van der Waals surface area contributed by atoms with Crippen molar-refractivity contribution < 1.29 is 17.7 Å². The number of ether oxygens (including phenoxy) is 1. The summed E-state index contributed by atoms with van der Waals surface area (Å²) < 4.78 is 43.4. The van der Waals surface area contributed by atoms with Crippen LogP contribution in [0, 0.1) is 12.8 Å². The Bertz CT molecular complexity index is 361. The second-order valence-electron chi connectivity index (χ2n) is 4.32. The molecule has 1 rings (SSSR count). The van der Waals surface area contributed by atoms with Gasteiger partial charge in [0.25, 0.3) is 0 Å². The van der Waals surface area contributed by atoms with Crippen LogP contribution < -0.4 is 10.2 Å². The van der Waals surface area contributed by atoms with Crippen molar-refractivity contribution in [1.82, 2.24) is 0 Å². The van der Waals surface area contributed by atoms with Gasteiger partial charge in [-0.15, -0.1) is 0 Å². The molecule has 0 heterocycles. The highest BCUT2D eigenvalue weighted by atomic mass is 19.4. The molecule has 1 aromatic rings. The fourth-order valence-electron chi connectivity index (χ4n) is 1.31. The maximum Gasteiger partial charge on any atom is 0.513 e. The summed E-state index contributed by atoms with van der Waals surface area (Å²) >= 11 is 0. The number of aryl methyl sites for hydroxylation is 1. The zero-order valence-corrected chi connectivity index (χ0v) is 9.64. The van der Waals surface area contributed by atoms with E-state index in [4.69, 9.17) is 4.74 Å². The average Bonchev–Trinajstić information content (AvgIpc) is 2.14. The van der Waals surface area contributed by atoms with Gasteiger partial charge in [-0.25, -0.2) is 0 Å². The van der Waals surface area contributed by atoms with Crippen molar-refractivity contribution in [1.29, 1.82) is 0 Å². The molecule has 0 amide bonds. The Labute approximate surface area is 93.7 Å². The van der Waals surface area contributed by atoms with Crippen LogP contribution in [0.2, 0.25) is 0 Å². The van der Waals surface area contributed by atoms with Gasteiger partial charge in [0.05, 0.1) is 12.4 Å². The molecule has 0 spiro atoms. The molecule has 90 valence electrons. The van der Waals surface area contributed by atoms with Crippen molar-refractivity contribution in [2.45, 2.75) is 20.8 Å². The molecule has 1 nitrogen and oxygen atoms in total. The minimum absolute atomic E-state index is 0.0631. The van der Waals surface area contributed by atoms with Gasteiger partial charge in [0.15, 0.2) is 0 Å². The van der Waals surface area contributed by atoms with E-state index in [2.05, 4.69) is 0 Å². The second-order valence-corrected chi connectivity index (χ2v) is 4.32. The van der Waals surface area contributed by atoms with Crippen molar-refractivity contribution in [3.8, 4) is 5.75 Å². The van der Waals surface area contributed by atoms with Crippen LogP contribution in [0.25, 0.3) is 0 Å². The van der Waals surface area contributed by atoms with Crippen molar-refractivity contribution in [2.75, 3.05) is 6.61 Å². The normalized spacial score (nSPS) is 11.9. The van der Waals surface area contributed by atoms with Gasteiger partial charge in [-0.3, -0.25) is 0 Å². The summed E-state index contributed by atoms with van der Waals surface area (Å²) in [5.41, 5.74) is -0.0493. The van der Waals surface area contributed by atoms with Gasteiger partial charge < -0.3 is 17.7 Å². The molecular formula is C11H15BF3O-. The topological polar surface area (TPSA) is 9.23 Å². The highest BCUT2D eigenvalue weighted by Crippen LogP contribution is 2.19. The van der Waals surface area contributed by atoms with Crippen LogP contribution >= 0.6 is 0 Å². The van der Waals surface area contributed by atoms with Crippen LogP contribution in [0.15, 0.2) is 18.2 Å². The zero-order valence-electron chi connectivity index (χ0n) is 9.64. The van der Waals surface area contributed by atoms with E-state index >= 15 is 0 Å². The number of hydrogen-bond acceptors (Lipinski definition) is 1. The minimum atomic E-state index is -5.01. The lowest BCUT2D eigenvalue weighted by Gasteiger charge is -2.21. The monoisotopic (exact) mass is 231 g/mol. The molecule has 0 aliphatic heterocycles. The Morgan fingerprint density at radius 2 is 1.88 bits per heavy atom. The van der Waals surface area contributed by atoms with Crippen molar-refractivity contribution in [3.05, 3.63) is 23.8 Å². The Kier molecular flexibility index (Phi) is 3.89. The van der Waals surface area contributed by atoms with Gasteiger partial charge in [-0.05, 0) is 18.9 Å². The molecule has 1 aromatic carbocycles. The number of benzene rings is 1. The molecule has 0 atom stereocenters. The molecule has 0 aliphatic carbocycles. The third kappa shape index (κ3) is 3.47. The lowest BCUT2D eigenvalue weighted by Crippen LogP contribution is -2.35. The van der Waals surface area contributed by atoms with Crippen LogP contribution in [0.1, 0.15) is 19.4 Å². The number of halogens is 3. The van der Waals surface area contributed by atoms with E-state index in [0.29, 0.717) is 12.2 Å². The molecule has 0 unspecified atom stereocenters. The molecule has 0 saturated heterocycles. The molecular weight excluding hydrogens is 216 g/mol. The molecule has 0 fully saturated rings. The Morgan fingerprint density at radius 3 is 2.38 bits per heavy atom. The van der Waals surface area contributed by atoms with Crippen molar-refractivity contribution in [2.24, 2.45) is 5.92 Å². The van der Waals surface area contributed by atoms with E-state index in [1.54, 1.807) is 13.0 Å². The largest absolute Gasteiger partial charge is 0.513 e. The van der Waals surface area contributed by atoms with E-state index in [9.17, 15) is 12.9 Å². The van der Waals surface area contributed by atoms with Crippen LogP contribution in [-0.2, 0) is 0 Å². The minimum Gasteiger partial charge on any atom is -0.496 e. The molecule has 5 heteroatoms. The number of rotatable bonds is 4. The summed E-state index contributed by atoms with van der Waals surface area (Å²) in [6.45, 7) is 0.709. The summed E-state index contributed by atoms with van der Waals surface area (Å²) in [4.78, 5) is 0. The van der Waals surface area contributed by atoms with Gasteiger partial charge in [0.1, 0.15) is 0 Å². The molecule has 0 N–H and O–H groups in total. The molecule has 0 bridgehead atoms. The highest BCUT2D eigenvalue weighted by molar-refractivity contribution is 6.74. The lowest BCUT2D eigenvalue weighted by molar-refractivity contribution is 0.272. The van der Waals surface area contributed by atoms with Crippen LogP contribution in [0.3, 0.4) is 0 Å². The van der Waals surface area contributed by atoms with Crippen LogP contribution in [-0.4, -0.2) is 13.6 Å². The number of hydrogen-bond donors (Lipinski definition) is 0. The van der Waals surface area contributed by atoms with E-state index in [1.807, 2.05) is 13.8 Å². The van der Waals surface area contributed by atoms with Gasteiger partial charge >= 0.3 is 6.98 Å². The van der Waals surface area contributed by atoms with E-state index in [0.717, 1.165) is 6.07 Å². The molecule has 0 aliphatic rings. The van der Waals surface area contributed by atoms with Crippen LogP contribution in [0.4, 0.5) is 12.9 Å². The van der Waals surface area contributed by atoms with Gasteiger partial charge in [0, 0.05) is 0 Å². The van der Waals surface area contributed by atoms with Gasteiger partial charge in [-0.1, -0.05) is 37.0 Å². The first-order valence-electron chi connectivity index (χ1n) is 5.24. The standard InChI is InChI=1S/C11H15BF3O/c1-8(2)7-16-11-5-4-9(3)6-10(11)12(13,14)15/h4-6,8H,7H2,1-3H3/q-1. The van der Waals surface area contributed by atoms with Gasteiger partial charge in [-0.2, -0.15) is 0 Å². The SMILES string of the molecule is Cc1ccc(OCC(C)C)c([B-](F)(F)F)c1. The Morgan fingerprint density at radius 1 is 1.25 bits per heavy atom. The molecule has 0 saturated carbocycles. The first-order valence-corrected chi connectivity index (χ1v) is 5.24. The maximum absolute atomic E-state index is 12.7. The van der Waals surface area contributed by atoms with Crippen molar-refractivity contribution >= 4 is 12.4 Å². The quantitative estimate of drug-likeness (QED) is 0.723. The lowest BCUT2D eigenvalue weighted by atomic mass is 9.78. The summed E-state index contributed by atoms with van der Waals surface area (Å²) in [5, 5.41) is 0. The third-order valence-corrected chi connectivity index (χ3v) is 2.09. The fourth-order valence-corrected chi connectivity index (χ4v) is 1.31. The Balaban J connectivity index is 2.99. The van der Waals surface area contributed by atoms with E-state index in [1.165, 1.54) is 6.07 Å². The molecule has 16 heavy (non-hydrogen) atoms. The summed E-state index contributed by atoms with van der Waals surface area (Å²) in [6.07, 6.45) is 0. The zero-order chi connectivity index (χ0) is 12.3. The molecule has 0 aromatic heterocycles. The second kappa shape index (κ2) is 4.81. The first-order chi connectivity index (χ1) is 7.30. The van der Waals surface area contributed by atoms with Crippen molar-refractivity contribution in [3.63, 3.8) is 0 Å². The van der Waals surface area contributed by atoms with Crippen LogP contribution in [0.5, 0.6) is 5.75 Å².